The molecule has 18 heavy (non-hydrogen) atoms. The molecule has 1 aliphatic heterocycles. The molecule has 2 rings (SSSR count). The third-order valence-corrected chi connectivity index (χ3v) is 5.13. The number of hydrogen-bond acceptors (Lipinski definition) is 5. The molecule has 0 aromatic carbocycles. The van der Waals surface area contributed by atoms with Crippen molar-refractivity contribution in [2.75, 3.05) is 30.9 Å². The fourth-order valence-corrected chi connectivity index (χ4v) is 4.12. The summed E-state index contributed by atoms with van der Waals surface area (Å²) in [7, 11) is 0.988. The summed E-state index contributed by atoms with van der Waals surface area (Å²) < 4.78 is 22.9. The molecule has 1 saturated heterocycles. The summed E-state index contributed by atoms with van der Waals surface area (Å²) in [6, 6.07) is 4.04. The number of aromatic nitrogens is 1. The van der Waals surface area contributed by atoms with Crippen LogP contribution in [0.5, 0.6) is 0 Å². The first kappa shape index (κ1) is 13.3. The van der Waals surface area contributed by atoms with Crippen LogP contribution in [0.3, 0.4) is 0 Å². The highest BCUT2D eigenvalue weighted by molar-refractivity contribution is 7.91. The summed E-state index contributed by atoms with van der Waals surface area (Å²) in [4.78, 5) is 6.35. The van der Waals surface area contributed by atoms with Crippen LogP contribution in [0, 0.1) is 0 Å². The van der Waals surface area contributed by atoms with Crippen molar-refractivity contribution in [2.45, 2.75) is 19.0 Å². The third kappa shape index (κ3) is 3.00. The highest BCUT2D eigenvalue weighted by Crippen LogP contribution is 2.20. The lowest BCUT2D eigenvalue weighted by Crippen LogP contribution is -2.32. The Labute approximate surface area is 108 Å². The molecule has 6 heteroatoms. The Morgan fingerprint density at radius 2 is 2.33 bits per heavy atom. The predicted octanol–water partition coefficient (Wildman–Crippen LogP) is 0.742. The standard InChI is InChI=1S/C12H19N3O2S/c1-13-12-10(4-3-6-14-12)8-15(2)11-5-7-18(16,17)9-11/h3-4,6,11H,5,7-9H2,1-2H3,(H,13,14). The zero-order valence-electron chi connectivity index (χ0n) is 10.8. The molecule has 1 unspecified atom stereocenters. The second-order valence-electron chi connectivity index (χ2n) is 4.73. The average Bonchev–Trinajstić information content (AvgIpc) is 2.70. The smallest absolute Gasteiger partial charge is 0.151 e. The van der Waals surface area contributed by atoms with Gasteiger partial charge in [0.25, 0.3) is 0 Å². The van der Waals surface area contributed by atoms with Gasteiger partial charge in [0, 0.05) is 31.4 Å². The molecule has 0 radical (unpaired) electrons. The van der Waals surface area contributed by atoms with Crippen molar-refractivity contribution in [2.24, 2.45) is 0 Å². The monoisotopic (exact) mass is 269 g/mol. The lowest BCUT2D eigenvalue weighted by Gasteiger charge is -2.23. The largest absolute Gasteiger partial charge is 0.373 e. The van der Waals surface area contributed by atoms with Gasteiger partial charge < -0.3 is 5.32 Å². The van der Waals surface area contributed by atoms with Gasteiger partial charge in [0.05, 0.1) is 11.5 Å². The lowest BCUT2D eigenvalue weighted by molar-refractivity contribution is 0.254. The Balaban J connectivity index is 2.05. The normalized spacial score (nSPS) is 22.3. The Hall–Kier alpha value is -1.14. The van der Waals surface area contributed by atoms with Crippen molar-refractivity contribution in [1.82, 2.24) is 9.88 Å². The van der Waals surface area contributed by atoms with Crippen LogP contribution in [-0.2, 0) is 16.4 Å². The van der Waals surface area contributed by atoms with Crippen LogP contribution < -0.4 is 5.32 Å². The van der Waals surface area contributed by atoms with E-state index in [0.717, 1.165) is 17.8 Å². The molecule has 0 amide bonds. The quantitative estimate of drug-likeness (QED) is 0.873. The van der Waals surface area contributed by atoms with E-state index in [-0.39, 0.29) is 11.8 Å². The van der Waals surface area contributed by atoms with E-state index in [9.17, 15) is 8.42 Å². The predicted molar refractivity (Wildman–Crippen MR) is 72.3 cm³/mol. The van der Waals surface area contributed by atoms with Gasteiger partial charge in [-0.25, -0.2) is 13.4 Å². The van der Waals surface area contributed by atoms with Gasteiger partial charge in [-0.1, -0.05) is 6.07 Å². The molecule has 0 saturated carbocycles. The molecule has 100 valence electrons. The van der Waals surface area contributed by atoms with Crippen molar-refractivity contribution in [3.05, 3.63) is 23.9 Å². The summed E-state index contributed by atoms with van der Waals surface area (Å²) in [5.74, 6) is 1.44. The maximum Gasteiger partial charge on any atom is 0.151 e. The Morgan fingerprint density at radius 1 is 1.56 bits per heavy atom. The zero-order valence-corrected chi connectivity index (χ0v) is 11.6. The first-order chi connectivity index (χ1) is 8.52. The number of nitrogens with one attached hydrogen (secondary N) is 1. The molecule has 1 fully saturated rings. The molecule has 1 aromatic rings. The van der Waals surface area contributed by atoms with Crippen molar-refractivity contribution >= 4 is 15.7 Å². The Morgan fingerprint density at radius 3 is 2.94 bits per heavy atom. The fourth-order valence-electron chi connectivity index (χ4n) is 2.31. The summed E-state index contributed by atoms with van der Waals surface area (Å²) >= 11 is 0. The fraction of sp³-hybridized carbons (Fsp3) is 0.583. The Kier molecular flexibility index (Phi) is 3.87. The Bertz CT molecular complexity index is 516. The van der Waals surface area contributed by atoms with Crippen LogP contribution in [-0.4, -0.2) is 49.9 Å². The molecule has 2 heterocycles. The minimum atomic E-state index is -2.82. The molecule has 0 aliphatic carbocycles. The SMILES string of the molecule is CNc1ncccc1CN(C)C1CCS(=O)(=O)C1. The van der Waals surface area contributed by atoms with E-state index in [4.69, 9.17) is 0 Å². The first-order valence-electron chi connectivity index (χ1n) is 6.04. The molecule has 1 atom stereocenters. The van der Waals surface area contributed by atoms with E-state index in [0.29, 0.717) is 12.3 Å². The number of nitrogens with zero attached hydrogens (tertiary/aromatic N) is 2. The van der Waals surface area contributed by atoms with Gasteiger partial charge in [-0.15, -0.1) is 0 Å². The number of pyridine rings is 1. The molecular formula is C12H19N3O2S. The molecule has 0 spiro atoms. The number of sulfone groups is 1. The van der Waals surface area contributed by atoms with Crippen LogP contribution in [0.4, 0.5) is 5.82 Å². The highest BCUT2D eigenvalue weighted by atomic mass is 32.2. The van der Waals surface area contributed by atoms with Crippen LogP contribution in [0.2, 0.25) is 0 Å². The van der Waals surface area contributed by atoms with Gasteiger partial charge in [0.2, 0.25) is 0 Å². The van der Waals surface area contributed by atoms with Crippen LogP contribution in [0.25, 0.3) is 0 Å². The average molecular weight is 269 g/mol. The summed E-state index contributed by atoms with van der Waals surface area (Å²) in [5, 5.41) is 3.05. The third-order valence-electron chi connectivity index (χ3n) is 3.38. The van der Waals surface area contributed by atoms with Crippen LogP contribution >= 0.6 is 0 Å². The number of rotatable bonds is 4. The van der Waals surface area contributed by atoms with E-state index in [1.807, 2.05) is 26.2 Å². The molecular weight excluding hydrogens is 250 g/mol. The number of hydrogen-bond donors (Lipinski definition) is 1. The van der Waals surface area contributed by atoms with Gasteiger partial charge >= 0.3 is 0 Å². The minimum absolute atomic E-state index is 0.125. The topological polar surface area (TPSA) is 62.3 Å². The van der Waals surface area contributed by atoms with E-state index in [1.54, 1.807) is 6.20 Å². The summed E-state index contributed by atoms with van der Waals surface area (Å²) in [6.45, 7) is 0.712. The van der Waals surface area contributed by atoms with Crippen LogP contribution in [0.15, 0.2) is 18.3 Å². The van der Waals surface area contributed by atoms with Gasteiger partial charge in [-0.2, -0.15) is 0 Å². The summed E-state index contributed by atoms with van der Waals surface area (Å²) in [6.07, 6.45) is 2.48. The van der Waals surface area contributed by atoms with Crippen molar-refractivity contribution < 1.29 is 8.42 Å². The maximum atomic E-state index is 11.5. The summed E-state index contributed by atoms with van der Waals surface area (Å²) in [5.41, 5.74) is 1.09. The van der Waals surface area contributed by atoms with Crippen molar-refractivity contribution in [3.8, 4) is 0 Å². The van der Waals surface area contributed by atoms with E-state index in [2.05, 4.69) is 15.2 Å². The van der Waals surface area contributed by atoms with E-state index >= 15 is 0 Å². The van der Waals surface area contributed by atoms with E-state index < -0.39 is 9.84 Å². The molecule has 1 aromatic heterocycles. The minimum Gasteiger partial charge on any atom is -0.373 e. The molecule has 0 bridgehead atoms. The van der Waals surface area contributed by atoms with Crippen molar-refractivity contribution in [1.29, 1.82) is 0 Å². The molecule has 1 N–H and O–H groups in total. The van der Waals surface area contributed by atoms with E-state index in [1.165, 1.54) is 0 Å². The first-order valence-corrected chi connectivity index (χ1v) is 7.86. The maximum absolute atomic E-state index is 11.5. The van der Waals surface area contributed by atoms with Gasteiger partial charge in [0.1, 0.15) is 5.82 Å². The lowest BCUT2D eigenvalue weighted by atomic mass is 10.2. The van der Waals surface area contributed by atoms with Gasteiger partial charge in [-0.05, 0) is 19.5 Å². The molecule has 1 aliphatic rings. The van der Waals surface area contributed by atoms with Gasteiger partial charge in [0.15, 0.2) is 9.84 Å². The van der Waals surface area contributed by atoms with Crippen molar-refractivity contribution in [3.63, 3.8) is 0 Å². The highest BCUT2D eigenvalue weighted by Gasteiger charge is 2.30. The zero-order chi connectivity index (χ0) is 13.2. The van der Waals surface area contributed by atoms with Crippen LogP contribution in [0.1, 0.15) is 12.0 Å². The molecule has 5 nitrogen and oxygen atoms in total. The second-order valence-corrected chi connectivity index (χ2v) is 6.96. The van der Waals surface area contributed by atoms with Gasteiger partial charge in [-0.3, -0.25) is 4.90 Å². The number of anilines is 1. The second kappa shape index (κ2) is 5.24.